The van der Waals surface area contributed by atoms with Crippen molar-refractivity contribution in [1.82, 2.24) is 14.7 Å². The van der Waals surface area contributed by atoms with E-state index in [0.29, 0.717) is 5.95 Å². The maximum atomic E-state index is 12.4. The highest BCUT2D eigenvalue weighted by Crippen LogP contribution is 2.22. The molecule has 2 rings (SSSR count). The third kappa shape index (κ3) is 5.30. The summed E-state index contributed by atoms with van der Waals surface area (Å²) in [6.07, 6.45) is 0. The summed E-state index contributed by atoms with van der Waals surface area (Å²) >= 11 is 0. The van der Waals surface area contributed by atoms with E-state index in [0.717, 1.165) is 11.5 Å². The van der Waals surface area contributed by atoms with E-state index in [9.17, 15) is 13.2 Å². The number of sulfonamides is 1. The number of methoxy groups -OCH3 is 1. The van der Waals surface area contributed by atoms with Gasteiger partial charge in [0.05, 0.1) is 17.6 Å². The minimum Gasteiger partial charge on any atom is -0.496 e. The van der Waals surface area contributed by atoms with Crippen molar-refractivity contribution < 1.29 is 17.9 Å². The Kier molecular flexibility index (Phi) is 6.75. The Bertz CT molecular complexity index is 962. The predicted octanol–water partition coefficient (Wildman–Crippen LogP) is 0.349. The molecule has 28 heavy (non-hydrogen) atoms. The summed E-state index contributed by atoms with van der Waals surface area (Å²) < 4.78 is 32.4. The molecule has 0 aliphatic carbocycles. The van der Waals surface area contributed by atoms with Crippen LogP contribution in [0, 0.1) is 6.92 Å². The molecule has 0 saturated heterocycles. The van der Waals surface area contributed by atoms with E-state index in [1.165, 1.54) is 25.3 Å². The van der Waals surface area contributed by atoms with Crippen molar-refractivity contribution >= 4 is 27.7 Å². The number of nitrogens with zero attached hydrogens (tertiary/aromatic N) is 3. The molecule has 11 heteroatoms. The summed E-state index contributed by atoms with van der Waals surface area (Å²) in [5, 5.41) is 2.98. The molecule has 10 nitrogen and oxygen atoms in total. The van der Waals surface area contributed by atoms with Crippen molar-refractivity contribution in [3.8, 4) is 5.75 Å². The van der Waals surface area contributed by atoms with Gasteiger partial charge in [0.25, 0.3) is 5.91 Å². The first-order valence-electron chi connectivity index (χ1n) is 8.38. The molecule has 0 aliphatic rings. The van der Waals surface area contributed by atoms with Gasteiger partial charge in [0.15, 0.2) is 0 Å². The number of nitrogens with two attached hydrogens (primary N) is 1. The van der Waals surface area contributed by atoms with E-state index < -0.39 is 15.9 Å². The lowest BCUT2D eigenvalue weighted by Gasteiger charge is -2.14. The lowest BCUT2D eigenvalue weighted by atomic mass is 10.2. The average molecular weight is 408 g/mol. The highest BCUT2D eigenvalue weighted by Gasteiger charge is 2.18. The summed E-state index contributed by atoms with van der Waals surface area (Å²) in [6.45, 7) is 2.21. The van der Waals surface area contributed by atoms with Crippen molar-refractivity contribution in [2.24, 2.45) is 5.73 Å². The van der Waals surface area contributed by atoms with Gasteiger partial charge in [0.1, 0.15) is 11.6 Å². The molecule has 1 aromatic heterocycles. The minimum absolute atomic E-state index is 0.00660. The van der Waals surface area contributed by atoms with E-state index in [4.69, 9.17) is 10.5 Å². The Morgan fingerprint density at radius 2 is 1.93 bits per heavy atom. The predicted molar refractivity (Wildman–Crippen MR) is 106 cm³/mol. The number of carbonyl (C=O) groups excluding carboxylic acids is 1. The summed E-state index contributed by atoms with van der Waals surface area (Å²) in [5.74, 6) is 0.585. The van der Waals surface area contributed by atoms with Gasteiger partial charge in [-0.25, -0.2) is 18.1 Å². The van der Waals surface area contributed by atoms with Crippen LogP contribution >= 0.6 is 0 Å². The van der Waals surface area contributed by atoms with E-state index in [1.807, 2.05) is 32.0 Å². The molecule has 0 spiro atoms. The fourth-order valence-electron chi connectivity index (χ4n) is 2.35. The van der Waals surface area contributed by atoms with E-state index in [1.54, 1.807) is 0 Å². The fourth-order valence-corrected chi connectivity index (χ4v) is 3.41. The molecule has 2 aromatic rings. The molecule has 0 bridgehead atoms. The normalized spacial score (nSPS) is 11.1. The second kappa shape index (κ2) is 8.85. The van der Waals surface area contributed by atoms with Crippen molar-refractivity contribution in [3.05, 3.63) is 35.5 Å². The van der Waals surface area contributed by atoms with Crippen LogP contribution in [0.3, 0.4) is 0 Å². The van der Waals surface area contributed by atoms with Crippen LogP contribution in [-0.2, 0) is 10.0 Å². The molecular weight excluding hydrogens is 384 g/mol. The molecule has 0 saturated carbocycles. The molecular formula is C17H24N6O4S. The largest absolute Gasteiger partial charge is 0.496 e. The van der Waals surface area contributed by atoms with Crippen LogP contribution < -0.4 is 25.4 Å². The molecule has 0 atom stereocenters. The van der Waals surface area contributed by atoms with Gasteiger partial charge in [-0.05, 0) is 25.1 Å². The summed E-state index contributed by atoms with van der Waals surface area (Å²) in [5.41, 5.74) is 6.06. The monoisotopic (exact) mass is 408 g/mol. The standard InChI is InChI=1S/C17H24N6O4S/c1-11-9-15(23(2)3)22-17(21-11)19-7-8-20-28(25,26)12-5-6-14(27-4)13(10-12)16(18)24/h5-6,9-10,20H,7-8H2,1-4H3,(H2,18,24)(H,19,21,22). The number of carbonyl (C=O) groups is 1. The van der Waals surface area contributed by atoms with Gasteiger partial charge >= 0.3 is 0 Å². The number of aromatic nitrogens is 2. The van der Waals surface area contributed by atoms with E-state index in [-0.39, 0.29) is 29.3 Å². The number of aryl methyl sites for hydroxylation is 1. The summed E-state index contributed by atoms with van der Waals surface area (Å²) in [4.78, 5) is 21.9. The maximum Gasteiger partial charge on any atom is 0.252 e. The Balaban J connectivity index is 2.03. The SMILES string of the molecule is COc1ccc(S(=O)(=O)NCCNc2nc(C)cc(N(C)C)n2)cc1C(N)=O. The highest BCUT2D eigenvalue weighted by molar-refractivity contribution is 7.89. The lowest BCUT2D eigenvalue weighted by Crippen LogP contribution is -2.29. The number of anilines is 2. The van der Waals surface area contributed by atoms with Crippen LogP contribution in [0.2, 0.25) is 0 Å². The Hall–Kier alpha value is -2.92. The van der Waals surface area contributed by atoms with E-state index in [2.05, 4.69) is 20.0 Å². The number of primary amides is 1. The van der Waals surface area contributed by atoms with Gasteiger partial charge in [-0.1, -0.05) is 0 Å². The van der Waals surface area contributed by atoms with Crippen molar-refractivity contribution in [1.29, 1.82) is 0 Å². The number of hydrogen-bond acceptors (Lipinski definition) is 8. The second-order valence-corrected chi connectivity index (χ2v) is 7.90. The Labute approximate surface area is 164 Å². The zero-order valence-corrected chi connectivity index (χ0v) is 17.0. The molecule has 1 amide bonds. The third-order valence-electron chi connectivity index (χ3n) is 3.75. The Morgan fingerprint density at radius 3 is 2.54 bits per heavy atom. The topological polar surface area (TPSA) is 140 Å². The van der Waals surface area contributed by atoms with Crippen LogP contribution in [0.25, 0.3) is 0 Å². The first kappa shape index (κ1) is 21.4. The number of benzene rings is 1. The molecule has 1 heterocycles. The molecule has 0 fully saturated rings. The number of rotatable bonds is 9. The number of nitrogens with one attached hydrogen (secondary N) is 2. The molecule has 0 radical (unpaired) electrons. The number of ether oxygens (including phenoxy) is 1. The smallest absolute Gasteiger partial charge is 0.252 e. The van der Waals surface area contributed by atoms with Gasteiger partial charge in [-0.15, -0.1) is 0 Å². The van der Waals surface area contributed by atoms with Gasteiger partial charge in [0.2, 0.25) is 16.0 Å². The van der Waals surface area contributed by atoms with Crippen molar-refractivity contribution in [2.75, 3.05) is 44.5 Å². The second-order valence-electron chi connectivity index (χ2n) is 6.14. The van der Waals surface area contributed by atoms with Crippen LogP contribution in [0.1, 0.15) is 16.1 Å². The quantitative estimate of drug-likeness (QED) is 0.505. The zero-order chi connectivity index (χ0) is 20.9. The highest BCUT2D eigenvalue weighted by atomic mass is 32.2. The third-order valence-corrected chi connectivity index (χ3v) is 5.20. The summed E-state index contributed by atoms with van der Waals surface area (Å²) in [7, 11) is 1.28. The van der Waals surface area contributed by atoms with Crippen LogP contribution in [-0.4, -0.2) is 58.6 Å². The minimum atomic E-state index is -3.83. The van der Waals surface area contributed by atoms with E-state index >= 15 is 0 Å². The molecule has 152 valence electrons. The molecule has 1 aromatic carbocycles. The first-order chi connectivity index (χ1) is 13.1. The molecule has 0 unspecified atom stereocenters. The van der Waals surface area contributed by atoms with Crippen LogP contribution in [0.15, 0.2) is 29.2 Å². The zero-order valence-electron chi connectivity index (χ0n) is 16.2. The average Bonchev–Trinajstić information content (AvgIpc) is 2.64. The van der Waals surface area contributed by atoms with Crippen LogP contribution in [0.5, 0.6) is 5.75 Å². The van der Waals surface area contributed by atoms with Gasteiger partial charge < -0.3 is 20.7 Å². The number of hydrogen-bond donors (Lipinski definition) is 3. The molecule has 4 N–H and O–H groups in total. The fraction of sp³-hybridized carbons (Fsp3) is 0.353. The lowest BCUT2D eigenvalue weighted by molar-refractivity contribution is 0.0997. The summed E-state index contributed by atoms with van der Waals surface area (Å²) in [6, 6.07) is 5.75. The maximum absolute atomic E-state index is 12.4. The molecule has 0 aliphatic heterocycles. The van der Waals surface area contributed by atoms with Crippen LogP contribution in [0.4, 0.5) is 11.8 Å². The Morgan fingerprint density at radius 1 is 1.21 bits per heavy atom. The van der Waals surface area contributed by atoms with Gasteiger partial charge in [-0.2, -0.15) is 4.98 Å². The number of amides is 1. The first-order valence-corrected chi connectivity index (χ1v) is 9.86. The van der Waals surface area contributed by atoms with Crippen molar-refractivity contribution in [2.45, 2.75) is 11.8 Å². The van der Waals surface area contributed by atoms with Gasteiger partial charge in [-0.3, -0.25) is 4.79 Å². The van der Waals surface area contributed by atoms with Gasteiger partial charge in [0, 0.05) is 38.9 Å². The van der Waals surface area contributed by atoms with Crippen molar-refractivity contribution in [3.63, 3.8) is 0 Å².